The molecule has 0 radical (unpaired) electrons. The fourth-order valence-corrected chi connectivity index (χ4v) is 4.82. The number of nitrogens with one attached hydrogen (secondary N) is 2. The van der Waals surface area contributed by atoms with Crippen LogP contribution in [-0.2, 0) is 26.0 Å². The van der Waals surface area contributed by atoms with Gasteiger partial charge in [-0.1, -0.05) is 30.3 Å². The van der Waals surface area contributed by atoms with Crippen molar-refractivity contribution >= 4 is 27.7 Å². The lowest BCUT2D eigenvalue weighted by Gasteiger charge is -2.26. The molecule has 0 fully saturated rings. The highest BCUT2D eigenvalue weighted by Crippen LogP contribution is 2.29. The summed E-state index contributed by atoms with van der Waals surface area (Å²) in [6.45, 7) is 10.7. The predicted molar refractivity (Wildman–Crippen MR) is 160 cm³/mol. The summed E-state index contributed by atoms with van der Waals surface area (Å²) in [7, 11) is -3.95. The van der Waals surface area contributed by atoms with Gasteiger partial charge in [-0.15, -0.1) is 0 Å². The number of amides is 2. The smallest absolute Gasteiger partial charge is 0.414 e. The maximum Gasteiger partial charge on any atom is 0.414 e. The Hall–Kier alpha value is -4.40. The Kier molecular flexibility index (Phi) is 9.66. The molecule has 0 saturated heterocycles. The molecule has 3 rings (SSSR count). The summed E-state index contributed by atoms with van der Waals surface area (Å²) in [5.74, 6) is -0.162. The molecule has 0 aromatic heterocycles. The summed E-state index contributed by atoms with van der Waals surface area (Å²) in [5, 5.41) is 20.3. The van der Waals surface area contributed by atoms with Gasteiger partial charge in [-0.3, -0.25) is 10.1 Å². The van der Waals surface area contributed by atoms with Crippen molar-refractivity contribution in [2.45, 2.75) is 70.1 Å². The van der Waals surface area contributed by atoms with E-state index >= 15 is 0 Å². The minimum atomic E-state index is -3.95. The predicted octanol–water partition coefficient (Wildman–Crippen LogP) is 5.12. The van der Waals surface area contributed by atoms with Crippen molar-refractivity contribution in [2.75, 3.05) is 5.32 Å². The SMILES string of the molecule is CC(C)(C)OC(=O)NC(=O)[C@H](Cc1cc(C#N)ccc1OC(C)(C)C)Nc1ccc(-c2ccccc2S(N)(=O)=O)cc1. The number of rotatable bonds is 8. The average Bonchev–Trinajstić information content (AvgIpc) is 2.87. The van der Waals surface area contributed by atoms with Crippen LogP contribution in [0.2, 0.25) is 0 Å². The van der Waals surface area contributed by atoms with Gasteiger partial charge in [-0.05, 0) is 89.1 Å². The first-order valence-electron chi connectivity index (χ1n) is 13.2. The van der Waals surface area contributed by atoms with Crippen LogP contribution in [-0.4, -0.2) is 37.7 Å². The highest BCUT2D eigenvalue weighted by Gasteiger charge is 2.26. The van der Waals surface area contributed by atoms with Gasteiger partial charge in [-0.25, -0.2) is 18.4 Å². The number of hydrogen-bond acceptors (Lipinski definition) is 8. The number of nitriles is 1. The van der Waals surface area contributed by atoms with Crippen LogP contribution in [0.3, 0.4) is 0 Å². The summed E-state index contributed by atoms with van der Waals surface area (Å²) in [4.78, 5) is 25.8. The molecule has 2 amide bonds. The molecule has 11 heteroatoms. The van der Waals surface area contributed by atoms with E-state index in [2.05, 4.69) is 16.7 Å². The van der Waals surface area contributed by atoms with Gasteiger partial charge in [0.1, 0.15) is 23.0 Å². The highest BCUT2D eigenvalue weighted by molar-refractivity contribution is 7.89. The lowest BCUT2D eigenvalue weighted by molar-refractivity contribution is -0.121. The van der Waals surface area contributed by atoms with Crippen LogP contribution in [0.15, 0.2) is 71.6 Å². The molecule has 222 valence electrons. The number of nitrogens with two attached hydrogens (primary N) is 1. The van der Waals surface area contributed by atoms with E-state index in [0.717, 1.165) is 0 Å². The number of alkyl carbamates (subject to hydrolysis) is 1. The minimum Gasteiger partial charge on any atom is -0.488 e. The van der Waals surface area contributed by atoms with Crippen LogP contribution in [0, 0.1) is 11.3 Å². The molecule has 0 spiro atoms. The van der Waals surface area contributed by atoms with Gasteiger partial charge in [0.25, 0.3) is 5.91 Å². The normalized spacial score (nSPS) is 12.5. The molecule has 0 aliphatic rings. The van der Waals surface area contributed by atoms with E-state index in [0.29, 0.717) is 33.7 Å². The minimum absolute atomic E-state index is 0.0101. The third-order valence-corrected chi connectivity index (χ3v) is 6.67. The van der Waals surface area contributed by atoms with Crippen molar-refractivity contribution in [2.24, 2.45) is 5.14 Å². The van der Waals surface area contributed by atoms with Gasteiger partial charge in [0, 0.05) is 17.7 Å². The van der Waals surface area contributed by atoms with Gasteiger partial charge in [-0.2, -0.15) is 5.26 Å². The maximum atomic E-state index is 13.4. The number of nitrogens with zero attached hydrogens (tertiary/aromatic N) is 1. The molecule has 0 bridgehead atoms. The molecular weight excluding hydrogens is 556 g/mol. The summed E-state index contributed by atoms with van der Waals surface area (Å²) in [6, 6.07) is 19.2. The van der Waals surface area contributed by atoms with E-state index < -0.39 is 39.3 Å². The van der Waals surface area contributed by atoms with Crippen molar-refractivity contribution in [1.82, 2.24) is 5.32 Å². The van der Waals surface area contributed by atoms with E-state index in [1.807, 2.05) is 20.8 Å². The Morgan fingerprint density at radius 3 is 2.17 bits per heavy atom. The molecule has 0 unspecified atom stereocenters. The fraction of sp³-hybridized carbons (Fsp3) is 0.323. The Balaban J connectivity index is 1.97. The van der Waals surface area contributed by atoms with E-state index in [-0.39, 0.29) is 11.3 Å². The second-order valence-electron chi connectivity index (χ2n) is 11.7. The number of anilines is 1. The van der Waals surface area contributed by atoms with Gasteiger partial charge in [0.2, 0.25) is 10.0 Å². The van der Waals surface area contributed by atoms with Crippen LogP contribution < -0.4 is 20.5 Å². The number of ether oxygens (including phenoxy) is 2. The zero-order valence-electron chi connectivity index (χ0n) is 24.5. The molecule has 0 heterocycles. The Morgan fingerprint density at radius 2 is 1.60 bits per heavy atom. The number of hydrogen-bond donors (Lipinski definition) is 3. The summed E-state index contributed by atoms with van der Waals surface area (Å²) in [5.41, 5.74) is 1.16. The molecular formula is C31H36N4O6S. The van der Waals surface area contributed by atoms with E-state index in [1.165, 1.54) is 6.07 Å². The summed E-state index contributed by atoms with van der Waals surface area (Å²) >= 11 is 0. The highest BCUT2D eigenvalue weighted by atomic mass is 32.2. The molecule has 10 nitrogen and oxygen atoms in total. The standard InChI is InChI=1S/C31H36N4O6S/c1-30(2,3)40-26-16-11-20(19-32)17-22(26)18-25(28(36)35-29(37)41-31(4,5)6)34-23-14-12-21(13-15-23)24-9-7-8-10-27(24)42(33,38)39/h7-17,25,34H,18H2,1-6H3,(H2,33,38,39)(H,35,36,37)/t25-/m0/s1. The van der Waals surface area contributed by atoms with Crippen LogP contribution in [0.5, 0.6) is 5.75 Å². The number of benzene rings is 3. The monoisotopic (exact) mass is 592 g/mol. The molecule has 42 heavy (non-hydrogen) atoms. The molecule has 0 aliphatic carbocycles. The molecule has 4 N–H and O–H groups in total. The van der Waals surface area contributed by atoms with Gasteiger partial charge in [0.15, 0.2) is 0 Å². The molecule has 0 aliphatic heterocycles. The Labute approximate surface area is 246 Å². The molecule has 3 aromatic carbocycles. The zero-order valence-corrected chi connectivity index (χ0v) is 25.3. The van der Waals surface area contributed by atoms with Crippen molar-refractivity contribution < 1.29 is 27.5 Å². The number of imide groups is 1. The first-order chi connectivity index (χ1) is 19.4. The van der Waals surface area contributed by atoms with Crippen molar-refractivity contribution in [3.63, 3.8) is 0 Å². The van der Waals surface area contributed by atoms with E-state index in [9.17, 15) is 23.3 Å². The quantitative estimate of drug-likeness (QED) is 0.325. The Bertz CT molecular complexity index is 1600. The zero-order chi connectivity index (χ0) is 31.3. The van der Waals surface area contributed by atoms with Crippen LogP contribution >= 0.6 is 0 Å². The fourth-order valence-electron chi connectivity index (χ4n) is 4.06. The van der Waals surface area contributed by atoms with Gasteiger partial charge >= 0.3 is 6.09 Å². The number of carbonyl (C=O) groups is 2. The third-order valence-electron chi connectivity index (χ3n) is 5.70. The average molecular weight is 593 g/mol. The molecule has 1 atom stereocenters. The van der Waals surface area contributed by atoms with E-state index in [1.54, 1.807) is 81.4 Å². The van der Waals surface area contributed by atoms with Crippen LogP contribution in [0.4, 0.5) is 10.5 Å². The first-order valence-corrected chi connectivity index (χ1v) is 14.7. The van der Waals surface area contributed by atoms with Crippen LogP contribution in [0.25, 0.3) is 11.1 Å². The molecule has 0 saturated carbocycles. The number of carbonyl (C=O) groups excluding carboxylic acids is 2. The number of primary sulfonamides is 1. The van der Waals surface area contributed by atoms with E-state index in [4.69, 9.17) is 14.6 Å². The van der Waals surface area contributed by atoms with Crippen molar-refractivity contribution in [3.05, 3.63) is 77.9 Å². The summed E-state index contributed by atoms with van der Waals surface area (Å²) in [6.07, 6.45) is -0.836. The summed E-state index contributed by atoms with van der Waals surface area (Å²) < 4.78 is 35.5. The number of sulfonamides is 1. The van der Waals surface area contributed by atoms with Gasteiger partial charge in [0.05, 0.1) is 16.5 Å². The van der Waals surface area contributed by atoms with Crippen molar-refractivity contribution in [1.29, 1.82) is 5.26 Å². The Morgan fingerprint density at radius 1 is 0.952 bits per heavy atom. The second kappa shape index (κ2) is 12.6. The maximum absolute atomic E-state index is 13.4. The largest absolute Gasteiger partial charge is 0.488 e. The first kappa shape index (κ1) is 32.1. The lowest BCUT2D eigenvalue weighted by atomic mass is 10.0. The van der Waals surface area contributed by atoms with Crippen LogP contribution in [0.1, 0.15) is 52.7 Å². The second-order valence-corrected chi connectivity index (χ2v) is 13.2. The third kappa shape index (κ3) is 9.33. The van der Waals surface area contributed by atoms with Gasteiger partial charge < -0.3 is 14.8 Å². The lowest BCUT2D eigenvalue weighted by Crippen LogP contribution is -2.45. The molecule has 3 aromatic rings. The van der Waals surface area contributed by atoms with Crippen molar-refractivity contribution in [3.8, 4) is 22.9 Å². The topological polar surface area (TPSA) is 161 Å².